The molecule has 9 rings (SSSR count). The van der Waals surface area contributed by atoms with Crippen LogP contribution in [0.25, 0.3) is 0 Å². The molecule has 3 aliphatic rings. The lowest BCUT2D eigenvalue weighted by atomic mass is 10.1. The quantitative estimate of drug-likeness (QED) is 0.147. The van der Waals surface area contributed by atoms with Gasteiger partial charge in [0.1, 0.15) is 48.4 Å². The number of nitrogens with zero attached hydrogens (tertiary/aromatic N) is 8. The van der Waals surface area contributed by atoms with Crippen LogP contribution in [0.2, 0.25) is 0 Å². The molecule has 0 bridgehead atoms. The summed E-state index contributed by atoms with van der Waals surface area (Å²) in [5, 5.41) is 19.8. The summed E-state index contributed by atoms with van der Waals surface area (Å²) in [7, 11) is 0. The summed E-state index contributed by atoms with van der Waals surface area (Å²) in [6.07, 6.45) is 1.62. The summed E-state index contributed by atoms with van der Waals surface area (Å²) in [6, 6.07) is 28.2. The molecular formula is C50H48N12O6. The summed E-state index contributed by atoms with van der Waals surface area (Å²) < 4.78 is 15.3. The largest absolute Gasteiger partial charge is 0.486 e. The Morgan fingerprint density at radius 2 is 1.03 bits per heavy atom. The Morgan fingerprint density at radius 3 is 1.44 bits per heavy atom. The Morgan fingerprint density at radius 1 is 0.618 bits per heavy atom. The van der Waals surface area contributed by atoms with E-state index < -0.39 is 47.9 Å². The number of benzene rings is 4. The molecule has 18 nitrogen and oxygen atoms in total. The number of ether oxygens (including phenoxy) is 2. The van der Waals surface area contributed by atoms with Gasteiger partial charge < -0.3 is 30.7 Å². The maximum atomic E-state index is 13.3. The minimum atomic E-state index is -0.989. The average molecular weight is 913 g/mol. The van der Waals surface area contributed by atoms with Crippen molar-refractivity contribution in [2.24, 2.45) is 0 Å². The van der Waals surface area contributed by atoms with Gasteiger partial charge in [-0.1, -0.05) is 84.3 Å². The minimum absolute atomic E-state index is 0.0446. The third-order valence-electron chi connectivity index (χ3n) is 11.6. The molecule has 4 aromatic carbocycles. The average Bonchev–Trinajstić information content (AvgIpc) is 3.98. The van der Waals surface area contributed by atoms with Crippen LogP contribution >= 0.6 is 0 Å². The molecule has 3 aliphatic heterocycles. The van der Waals surface area contributed by atoms with Crippen LogP contribution in [0.5, 0.6) is 11.5 Å². The van der Waals surface area contributed by atoms with E-state index in [9.17, 15) is 19.2 Å². The number of anilines is 2. The van der Waals surface area contributed by atoms with E-state index >= 15 is 0 Å². The van der Waals surface area contributed by atoms with Crippen molar-refractivity contribution in [2.45, 2.75) is 51.2 Å². The number of hydrogen-bond acceptors (Lipinski definition) is 12. The van der Waals surface area contributed by atoms with Gasteiger partial charge in [-0.2, -0.15) is 0 Å². The van der Waals surface area contributed by atoms with Crippen LogP contribution in [0.3, 0.4) is 0 Å². The molecule has 4 atom stereocenters. The first-order chi connectivity index (χ1) is 33.1. The molecule has 4 N–H and O–H groups in total. The summed E-state index contributed by atoms with van der Waals surface area (Å²) in [4.78, 5) is 65.7. The number of aromatic nitrogens is 6. The van der Waals surface area contributed by atoms with E-state index in [2.05, 4.69) is 74.9 Å². The highest BCUT2D eigenvalue weighted by molar-refractivity contribution is 6.02. The van der Waals surface area contributed by atoms with E-state index in [0.29, 0.717) is 60.2 Å². The third-order valence-corrected chi connectivity index (χ3v) is 11.6. The number of amides is 4. The van der Waals surface area contributed by atoms with Crippen LogP contribution in [0.1, 0.15) is 57.3 Å². The van der Waals surface area contributed by atoms with Gasteiger partial charge in [-0.15, -0.1) is 10.2 Å². The second kappa shape index (κ2) is 20.5. The number of hydrogen-bond donors (Lipinski definition) is 4. The molecule has 344 valence electrons. The molecule has 18 heteroatoms. The van der Waals surface area contributed by atoms with Gasteiger partial charge in [0.15, 0.2) is 0 Å². The molecule has 0 unspecified atom stereocenters. The SMILES string of the molecule is C[C@H]1Oc2ccc(C#CCN3CCN(CC#Cc4ccc5c(c4)NC(=O)[C@@H](NC(=O)c4ncn(Cc6ccccc6)n4)[C@@H](C)O5)CC3)cc2NC(=O)[C@H]1NC(=O)c1ncn(Cc2ccccc2)n1. The summed E-state index contributed by atoms with van der Waals surface area (Å²) in [5.41, 5.74) is 4.40. The number of carbonyl (C=O) groups is 4. The molecule has 0 radical (unpaired) electrons. The first kappa shape index (κ1) is 44.9. The molecule has 1 saturated heterocycles. The monoisotopic (exact) mass is 912 g/mol. The van der Waals surface area contributed by atoms with Crippen LogP contribution in [0.4, 0.5) is 11.4 Å². The number of piperazine rings is 1. The fraction of sp³-hybridized carbons (Fsp3) is 0.280. The van der Waals surface area contributed by atoms with Gasteiger partial charge in [0.2, 0.25) is 11.6 Å². The summed E-state index contributed by atoms with van der Waals surface area (Å²) in [5.74, 6) is 11.8. The normalized spacial score (nSPS) is 19.0. The molecule has 1 fully saturated rings. The van der Waals surface area contributed by atoms with Gasteiger partial charge >= 0.3 is 0 Å². The smallest absolute Gasteiger partial charge is 0.291 e. The Hall–Kier alpha value is -8.32. The number of carbonyl (C=O) groups excluding carboxylic acids is 4. The van der Waals surface area contributed by atoms with E-state index in [1.54, 1.807) is 47.5 Å². The maximum Gasteiger partial charge on any atom is 0.291 e. The molecule has 4 amide bonds. The topological polar surface area (TPSA) is 203 Å². The first-order valence-corrected chi connectivity index (χ1v) is 22.2. The second-order valence-corrected chi connectivity index (χ2v) is 16.6. The Kier molecular flexibility index (Phi) is 13.5. The zero-order valence-electron chi connectivity index (χ0n) is 37.4. The van der Waals surface area contributed by atoms with E-state index in [0.717, 1.165) is 37.3 Å². The Balaban J connectivity index is 0.719. The lowest BCUT2D eigenvalue weighted by molar-refractivity contribution is -0.120. The standard InChI is InChI=1S/C50H48N12O6/c1-33-43(55-49(65)45-51-31-61(57-45)29-37-11-5-3-6-12-37)47(63)53-39-27-35(17-19-41(39)67-33)15-9-21-59-23-25-60(26-24-59)22-10-16-36-18-20-42-40(28-36)54-48(64)44(34(2)68-42)56-50(66)46-52-32-62(58-46)30-38-13-7-4-8-14-38/h3-8,11-14,17-20,27-28,31-34,43-44H,21-26,29-30H2,1-2H3,(H,53,63)(H,54,64)(H,55,65)(H,56,66)/t33-,34-,43+,44+/m1/s1. The Bertz CT molecular complexity index is 2740. The van der Waals surface area contributed by atoms with Gasteiger partial charge in [0.25, 0.3) is 23.6 Å². The fourth-order valence-corrected chi connectivity index (χ4v) is 7.88. The van der Waals surface area contributed by atoms with Crippen molar-refractivity contribution in [1.82, 2.24) is 50.0 Å². The fourth-order valence-electron chi connectivity index (χ4n) is 7.88. The molecule has 0 aliphatic carbocycles. The second-order valence-electron chi connectivity index (χ2n) is 16.6. The molecule has 6 aromatic rings. The maximum absolute atomic E-state index is 13.3. The van der Waals surface area contributed by atoms with Crippen LogP contribution in [0.15, 0.2) is 110 Å². The molecule has 5 heterocycles. The van der Waals surface area contributed by atoms with Crippen molar-refractivity contribution >= 4 is 35.0 Å². The van der Waals surface area contributed by atoms with Crippen LogP contribution in [0, 0.1) is 23.7 Å². The summed E-state index contributed by atoms with van der Waals surface area (Å²) >= 11 is 0. The number of fused-ring (bicyclic) bond motifs is 2. The van der Waals surface area contributed by atoms with E-state index in [1.165, 1.54) is 12.7 Å². The minimum Gasteiger partial charge on any atom is -0.486 e. The predicted molar refractivity (Wildman–Crippen MR) is 251 cm³/mol. The highest BCUT2D eigenvalue weighted by Crippen LogP contribution is 2.31. The first-order valence-electron chi connectivity index (χ1n) is 22.2. The molecule has 2 aromatic heterocycles. The van der Waals surface area contributed by atoms with E-state index in [4.69, 9.17) is 9.47 Å². The molecule has 68 heavy (non-hydrogen) atoms. The van der Waals surface area contributed by atoms with Gasteiger partial charge in [-0.25, -0.2) is 19.3 Å². The van der Waals surface area contributed by atoms with Crippen molar-refractivity contribution in [2.75, 3.05) is 49.9 Å². The molecule has 0 spiro atoms. The summed E-state index contributed by atoms with van der Waals surface area (Å²) in [6.45, 7) is 8.78. The number of nitrogens with one attached hydrogen (secondary N) is 4. The lowest BCUT2D eigenvalue weighted by Gasteiger charge is -2.32. The van der Waals surface area contributed by atoms with Crippen molar-refractivity contribution < 1.29 is 28.7 Å². The zero-order chi connectivity index (χ0) is 47.0. The van der Waals surface area contributed by atoms with Crippen molar-refractivity contribution in [1.29, 1.82) is 0 Å². The highest BCUT2D eigenvalue weighted by atomic mass is 16.5. The third kappa shape index (κ3) is 11.0. The number of rotatable bonds is 10. The zero-order valence-corrected chi connectivity index (χ0v) is 37.4. The van der Waals surface area contributed by atoms with Gasteiger partial charge in [0, 0.05) is 37.3 Å². The predicted octanol–water partition coefficient (Wildman–Crippen LogP) is 3.02. The lowest BCUT2D eigenvalue weighted by Crippen LogP contribution is -2.51. The van der Waals surface area contributed by atoms with Gasteiger partial charge in [0.05, 0.1) is 37.6 Å². The van der Waals surface area contributed by atoms with Crippen LogP contribution < -0.4 is 30.7 Å². The molecule has 0 saturated carbocycles. The Labute approximate surface area is 392 Å². The van der Waals surface area contributed by atoms with Crippen LogP contribution in [-0.2, 0) is 22.7 Å². The van der Waals surface area contributed by atoms with Crippen molar-refractivity contribution in [3.05, 3.63) is 144 Å². The van der Waals surface area contributed by atoms with E-state index in [1.807, 2.05) is 72.8 Å². The van der Waals surface area contributed by atoms with E-state index in [-0.39, 0.29) is 11.6 Å². The highest BCUT2D eigenvalue weighted by Gasteiger charge is 2.35. The molecular weight excluding hydrogens is 865 g/mol. The van der Waals surface area contributed by atoms with Gasteiger partial charge in [-0.05, 0) is 61.4 Å². The van der Waals surface area contributed by atoms with Gasteiger partial charge in [-0.3, -0.25) is 29.0 Å². The van der Waals surface area contributed by atoms with Crippen molar-refractivity contribution in [3.8, 4) is 35.2 Å². The van der Waals surface area contributed by atoms with Crippen molar-refractivity contribution in [3.63, 3.8) is 0 Å². The van der Waals surface area contributed by atoms with Crippen LogP contribution in [-0.4, -0.2) is 127 Å².